The number of nitrogens with one attached hydrogen (secondary N) is 1. The number of sulfonamides is 1. The first-order chi connectivity index (χ1) is 9.29. The fourth-order valence-electron chi connectivity index (χ4n) is 1.55. The molecule has 0 aliphatic carbocycles. The molecule has 9 heteroatoms. The first kappa shape index (κ1) is 17.1. The Morgan fingerprint density at radius 2 is 2.15 bits per heavy atom. The number of hydrogen-bond donors (Lipinski definition) is 2. The van der Waals surface area contributed by atoms with Crippen molar-refractivity contribution < 1.29 is 22.7 Å². The van der Waals surface area contributed by atoms with Crippen LogP contribution in [0.25, 0.3) is 0 Å². The Labute approximate surface area is 122 Å². The van der Waals surface area contributed by atoms with E-state index >= 15 is 0 Å². The molecule has 1 rings (SSSR count). The summed E-state index contributed by atoms with van der Waals surface area (Å²) in [5.41, 5.74) is 0. The molecule has 1 atom stereocenters. The molecule has 7 nitrogen and oxygen atoms in total. The molecule has 1 amide bonds. The Kier molecular flexibility index (Phi) is 6.08. The molecule has 0 aliphatic heterocycles. The zero-order chi connectivity index (χ0) is 15.3. The molecule has 0 radical (unpaired) electrons. The van der Waals surface area contributed by atoms with Crippen molar-refractivity contribution in [3.63, 3.8) is 0 Å². The monoisotopic (exact) mass is 322 g/mol. The first-order valence-electron chi connectivity index (χ1n) is 5.72. The lowest BCUT2D eigenvalue weighted by Gasteiger charge is -2.14. The zero-order valence-electron chi connectivity index (χ0n) is 11.5. The normalized spacial score (nSPS) is 13.2. The first-order valence-corrected chi connectivity index (χ1v) is 8.09. The second-order valence-electron chi connectivity index (χ2n) is 4.10. The minimum absolute atomic E-state index is 0.0205. The molecule has 0 fully saturated rings. The highest BCUT2D eigenvalue weighted by atomic mass is 32.2. The molecular weight excluding hydrogens is 304 g/mol. The highest BCUT2D eigenvalue weighted by Crippen LogP contribution is 2.24. The van der Waals surface area contributed by atoms with Gasteiger partial charge in [0, 0.05) is 25.6 Å². The summed E-state index contributed by atoms with van der Waals surface area (Å²) in [6, 6.07) is 1.28. The lowest BCUT2D eigenvalue weighted by Crippen LogP contribution is -2.35. The number of nitrogens with two attached hydrogens (primary N) is 1. The van der Waals surface area contributed by atoms with Gasteiger partial charge in [-0.25, -0.2) is 13.6 Å². The molecule has 1 heterocycles. The summed E-state index contributed by atoms with van der Waals surface area (Å²) in [4.78, 5) is 12.7. The SMILES string of the molecule is COCC(CNC(=O)c1cc(S(N)(=O)=O)c(C)s1)OC. The van der Waals surface area contributed by atoms with Gasteiger partial charge in [-0.1, -0.05) is 0 Å². The summed E-state index contributed by atoms with van der Waals surface area (Å²) in [6.45, 7) is 2.22. The van der Waals surface area contributed by atoms with Gasteiger partial charge in [-0.15, -0.1) is 11.3 Å². The summed E-state index contributed by atoms with van der Waals surface area (Å²) >= 11 is 1.08. The molecule has 1 aromatic heterocycles. The maximum Gasteiger partial charge on any atom is 0.261 e. The van der Waals surface area contributed by atoms with E-state index in [1.807, 2.05) is 0 Å². The van der Waals surface area contributed by atoms with Gasteiger partial charge < -0.3 is 14.8 Å². The van der Waals surface area contributed by atoms with Crippen LogP contribution in [0.15, 0.2) is 11.0 Å². The van der Waals surface area contributed by atoms with E-state index in [0.717, 1.165) is 11.3 Å². The molecule has 0 spiro atoms. The van der Waals surface area contributed by atoms with Gasteiger partial charge in [-0.05, 0) is 13.0 Å². The van der Waals surface area contributed by atoms with Crippen LogP contribution in [0.4, 0.5) is 0 Å². The Bertz CT molecular complexity index is 567. The summed E-state index contributed by atoms with van der Waals surface area (Å²) in [5, 5.41) is 7.72. The largest absolute Gasteiger partial charge is 0.382 e. The van der Waals surface area contributed by atoms with Crippen LogP contribution in [0.5, 0.6) is 0 Å². The predicted octanol–water partition coefficient (Wildman–Crippen LogP) is 0.0951. The van der Waals surface area contributed by atoms with E-state index in [0.29, 0.717) is 16.4 Å². The van der Waals surface area contributed by atoms with E-state index in [9.17, 15) is 13.2 Å². The van der Waals surface area contributed by atoms with Gasteiger partial charge in [0.2, 0.25) is 10.0 Å². The lowest BCUT2D eigenvalue weighted by molar-refractivity contribution is 0.0286. The molecule has 0 aromatic carbocycles. The molecule has 0 aliphatic rings. The van der Waals surface area contributed by atoms with E-state index in [1.54, 1.807) is 6.92 Å². The molecule has 0 saturated heterocycles. The number of primary sulfonamides is 1. The third-order valence-corrected chi connectivity index (χ3v) is 4.79. The summed E-state index contributed by atoms with van der Waals surface area (Å²) in [6.07, 6.45) is -0.261. The highest BCUT2D eigenvalue weighted by Gasteiger charge is 2.19. The van der Waals surface area contributed by atoms with E-state index in [4.69, 9.17) is 14.6 Å². The maximum absolute atomic E-state index is 11.9. The van der Waals surface area contributed by atoms with Crippen LogP contribution in [0.3, 0.4) is 0 Å². The number of hydrogen-bond acceptors (Lipinski definition) is 6. The average molecular weight is 322 g/mol. The Morgan fingerprint density at radius 1 is 1.50 bits per heavy atom. The third kappa shape index (κ3) is 4.53. The quantitative estimate of drug-likeness (QED) is 0.740. The molecule has 1 aromatic rings. The van der Waals surface area contributed by atoms with Crippen molar-refractivity contribution in [2.75, 3.05) is 27.4 Å². The topological polar surface area (TPSA) is 108 Å². The average Bonchev–Trinajstić information content (AvgIpc) is 2.76. The van der Waals surface area contributed by atoms with Gasteiger partial charge in [-0.3, -0.25) is 4.79 Å². The lowest BCUT2D eigenvalue weighted by atomic mass is 10.3. The number of thiophene rings is 1. The predicted molar refractivity (Wildman–Crippen MR) is 75.4 cm³/mol. The number of methoxy groups -OCH3 is 2. The summed E-state index contributed by atoms with van der Waals surface area (Å²) in [7, 11) is -0.750. The number of ether oxygens (including phenoxy) is 2. The van der Waals surface area contributed by atoms with Crippen LogP contribution in [0, 0.1) is 6.92 Å². The van der Waals surface area contributed by atoms with Crippen molar-refractivity contribution in [2.45, 2.75) is 17.9 Å². The second kappa shape index (κ2) is 7.14. The van der Waals surface area contributed by atoms with E-state index in [-0.39, 0.29) is 23.5 Å². The number of aryl methyl sites for hydroxylation is 1. The molecule has 1 unspecified atom stereocenters. The minimum atomic E-state index is -3.81. The van der Waals surface area contributed by atoms with Crippen LogP contribution in [0.2, 0.25) is 0 Å². The van der Waals surface area contributed by atoms with Crippen molar-refractivity contribution in [3.05, 3.63) is 15.8 Å². The van der Waals surface area contributed by atoms with Crippen molar-refractivity contribution >= 4 is 27.3 Å². The molecule has 3 N–H and O–H groups in total. The molecule has 20 heavy (non-hydrogen) atoms. The zero-order valence-corrected chi connectivity index (χ0v) is 13.1. The van der Waals surface area contributed by atoms with Crippen molar-refractivity contribution in [1.82, 2.24) is 5.32 Å². The van der Waals surface area contributed by atoms with Crippen LogP contribution in [0.1, 0.15) is 14.5 Å². The molecular formula is C11H18N2O5S2. The van der Waals surface area contributed by atoms with E-state index in [2.05, 4.69) is 5.32 Å². The summed E-state index contributed by atoms with van der Waals surface area (Å²) < 4.78 is 32.6. The molecule has 0 bridgehead atoms. The summed E-state index contributed by atoms with van der Waals surface area (Å²) in [5.74, 6) is -0.369. The van der Waals surface area contributed by atoms with Crippen LogP contribution < -0.4 is 10.5 Å². The Morgan fingerprint density at radius 3 is 2.60 bits per heavy atom. The van der Waals surface area contributed by atoms with Crippen LogP contribution >= 0.6 is 11.3 Å². The Balaban J connectivity index is 2.74. The standard InChI is InChI=1S/C11H18N2O5S2/c1-7-10(20(12,15)16)4-9(19-7)11(14)13-5-8(18-3)6-17-2/h4,8H,5-6H2,1-3H3,(H,13,14)(H2,12,15,16). The fraction of sp³-hybridized carbons (Fsp3) is 0.545. The number of carbonyl (C=O) groups excluding carboxylic acids is 1. The minimum Gasteiger partial charge on any atom is -0.382 e. The van der Waals surface area contributed by atoms with Gasteiger partial charge in [-0.2, -0.15) is 0 Å². The van der Waals surface area contributed by atoms with Crippen molar-refractivity contribution in [3.8, 4) is 0 Å². The van der Waals surface area contributed by atoms with Crippen molar-refractivity contribution in [1.29, 1.82) is 0 Å². The van der Waals surface area contributed by atoms with E-state index in [1.165, 1.54) is 20.3 Å². The van der Waals surface area contributed by atoms with Crippen molar-refractivity contribution in [2.24, 2.45) is 5.14 Å². The Hall–Kier alpha value is -1.00. The maximum atomic E-state index is 11.9. The fourth-order valence-corrected chi connectivity index (χ4v) is 3.61. The van der Waals surface area contributed by atoms with Gasteiger partial charge >= 0.3 is 0 Å². The van der Waals surface area contributed by atoms with E-state index < -0.39 is 10.0 Å². The van der Waals surface area contributed by atoms with Gasteiger partial charge in [0.1, 0.15) is 0 Å². The second-order valence-corrected chi connectivity index (χ2v) is 6.89. The highest BCUT2D eigenvalue weighted by molar-refractivity contribution is 7.89. The number of carbonyl (C=O) groups is 1. The van der Waals surface area contributed by atoms with Crippen LogP contribution in [-0.2, 0) is 19.5 Å². The van der Waals surface area contributed by atoms with Crippen LogP contribution in [-0.4, -0.2) is 47.8 Å². The van der Waals surface area contributed by atoms with Gasteiger partial charge in [0.15, 0.2) is 0 Å². The number of amides is 1. The van der Waals surface area contributed by atoms with Gasteiger partial charge in [0.25, 0.3) is 5.91 Å². The molecule has 114 valence electrons. The third-order valence-electron chi connectivity index (χ3n) is 2.58. The number of rotatable bonds is 7. The molecule has 0 saturated carbocycles. The van der Waals surface area contributed by atoms with Gasteiger partial charge in [0.05, 0.1) is 22.5 Å². The smallest absolute Gasteiger partial charge is 0.261 e.